The maximum absolute atomic E-state index is 11.8. The van der Waals surface area contributed by atoms with Gasteiger partial charge in [-0.05, 0) is 35.1 Å². The van der Waals surface area contributed by atoms with Crippen molar-refractivity contribution in [3.05, 3.63) is 41.8 Å². The van der Waals surface area contributed by atoms with E-state index >= 15 is 0 Å². The second-order valence-corrected chi connectivity index (χ2v) is 5.96. The van der Waals surface area contributed by atoms with Crippen LogP contribution in [0.5, 0.6) is 0 Å². The second kappa shape index (κ2) is 7.72. The number of amides is 2. The molecule has 0 saturated carbocycles. The van der Waals surface area contributed by atoms with Gasteiger partial charge in [-0.3, -0.25) is 9.59 Å². The molecular formula is C16H18N2O3S. The quantitative estimate of drug-likeness (QED) is 0.739. The number of aliphatic hydroxyl groups is 1. The van der Waals surface area contributed by atoms with Gasteiger partial charge in [0, 0.05) is 23.7 Å². The predicted octanol–water partition coefficient (Wildman–Crippen LogP) is 2.10. The summed E-state index contributed by atoms with van der Waals surface area (Å²) in [6.45, 7) is 2.01. The molecule has 2 amide bonds. The third-order valence-corrected chi connectivity index (χ3v) is 3.97. The van der Waals surface area contributed by atoms with Crippen molar-refractivity contribution in [2.75, 3.05) is 18.5 Å². The summed E-state index contributed by atoms with van der Waals surface area (Å²) in [5.41, 5.74) is 1.56. The van der Waals surface area contributed by atoms with Gasteiger partial charge in [-0.15, -0.1) is 11.3 Å². The molecule has 1 atom stereocenters. The molecule has 0 fully saturated rings. The largest absolute Gasteiger partial charge is 0.396 e. The number of benzene rings is 1. The monoisotopic (exact) mass is 318 g/mol. The first-order valence-electron chi connectivity index (χ1n) is 6.94. The second-order valence-electron chi connectivity index (χ2n) is 5.01. The first-order valence-corrected chi connectivity index (χ1v) is 7.82. The smallest absolute Gasteiger partial charge is 0.313 e. The highest BCUT2D eigenvalue weighted by molar-refractivity contribution is 7.13. The summed E-state index contributed by atoms with van der Waals surface area (Å²) in [5, 5.41) is 15.9. The minimum Gasteiger partial charge on any atom is -0.396 e. The van der Waals surface area contributed by atoms with Crippen molar-refractivity contribution in [3.63, 3.8) is 0 Å². The Hall–Kier alpha value is -2.18. The van der Waals surface area contributed by atoms with Crippen LogP contribution in [0.1, 0.15) is 6.92 Å². The van der Waals surface area contributed by atoms with Crippen LogP contribution in [0.2, 0.25) is 0 Å². The van der Waals surface area contributed by atoms with Gasteiger partial charge < -0.3 is 15.7 Å². The average molecular weight is 318 g/mol. The number of nitrogens with one attached hydrogen (secondary N) is 2. The van der Waals surface area contributed by atoms with Gasteiger partial charge in [-0.2, -0.15) is 0 Å². The van der Waals surface area contributed by atoms with Crippen molar-refractivity contribution in [1.29, 1.82) is 0 Å². The molecular weight excluding hydrogens is 300 g/mol. The zero-order chi connectivity index (χ0) is 15.9. The number of anilines is 1. The van der Waals surface area contributed by atoms with Crippen LogP contribution < -0.4 is 10.6 Å². The molecule has 0 aliphatic carbocycles. The van der Waals surface area contributed by atoms with Crippen LogP contribution in [0.3, 0.4) is 0 Å². The van der Waals surface area contributed by atoms with Crippen molar-refractivity contribution >= 4 is 28.8 Å². The molecule has 0 bridgehead atoms. The summed E-state index contributed by atoms with van der Waals surface area (Å²) in [7, 11) is 0. The van der Waals surface area contributed by atoms with Crippen LogP contribution in [0, 0.1) is 5.92 Å². The van der Waals surface area contributed by atoms with E-state index in [2.05, 4.69) is 10.6 Å². The van der Waals surface area contributed by atoms with Gasteiger partial charge in [0.05, 0.1) is 0 Å². The molecule has 3 N–H and O–H groups in total. The first-order chi connectivity index (χ1) is 10.6. The third-order valence-electron chi connectivity index (χ3n) is 3.06. The van der Waals surface area contributed by atoms with Crippen LogP contribution in [-0.2, 0) is 9.59 Å². The van der Waals surface area contributed by atoms with Gasteiger partial charge in [-0.25, -0.2) is 0 Å². The van der Waals surface area contributed by atoms with Gasteiger partial charge in [-0.1, -0.05) is 25.1 Å². The van der Waals surface area contributed by atoms with Crippen molar-refractivity contribution in [1.82, 2.24) is 5.32 Å². The predicted molar refractivity (Wildman–Crippen MR) is 87.6 cm³/mol. The molecule has 0 radical (unpaired) electrons. The number of aliphatic hydroxyl groups excluding tert-OH is 1. The Kier molecular flexibility index (Phi) is 5.68. The molecule has 6 heteroatoms. The van der Waals surface area contributed by atoms with Gasteiger partial charge in [0.1, 0.15) is 0 Å². The highest BCUT2D eigenvalue weighted by atomic mass is 32.1. The van der Waals surface area contributed by atoms with Gasteiger partial charge in [0.2, 0.25) is 0 Å². The molecule has 2 rings (SSSR count). The first kappa shape index (κ1) is 16.2. The lowest BCUT2D eigenvalue weighted by Crippen LogP contribution is -2.38. The molecule has 0 spiro atoms. The van der Waals surface area contributed by atoms with Gasteiger partial charge in [0.15, 0.2) is 0 Å². The fourth-order valence-corrected chi connectivity index (χ4v) is 2.52. The summed E-state index contributed by atoms with van der Waals surface area (Å²) in [6.07, 6.45) is 0. The Morgan fingerprint density at radius 3 is 2.73 bits per heavy atom. The molecule has 22 heavy (non-hydrogen) atoms. The van der Waals surface area contributed by atoms with Crippen molar-refractivity contribution in [2.45, 2.75) is 6.92 Å². The Balaban J connectivity index is 1.97. The fourth-order valence-electron chi connectivity index (χ4n) is 1.79. The van der Waals surface area contributed by atoms with E-state index in [0.29, 0.717) is 5.69 Å². The number of carbonyl (C=O) groups excluding carboxylic acids is 2. The van der Waals surface area contributed by atoms with E-state index in [1.807, 2.05) is 35.7 Å². The minimum absolute atomic E-state index is 0.0369. The van der Waals surface area contributed by atoms with Crippen LogP contribution in [0.25, 0.3) is 10.4 Å². The lowest BCUT2D eigenvalue weighted by atomic mass is 10.1. The van der Waals surface area contributed by atoms with Crippen LogP contribution in [0.4, 0.5) is 5.69 Å². The van der Waals surface area contributed by atoms with Crippen molar-refractivity contribution < 1.29 is 14.7 Å². The van der Waals surface area contributed by atoms with Crippen molar-refractivity contribution in [3.8, 4) is 10.4 Å². The minimum atomic E-state index is -0.714. The van der Waals surface area contributed by atoms with Crippen LogP contribution in [0.15, 0.2) is 41.8 Å². The van der Waals surface area contributed by atoms with Crippen LogP contribution in [-0.4, -0.2) is 30.1 Å². The Morgan fingerprint density at radius 2 is 2.05 bits per heavy atom. The Bertz CT molecular complexity index is 641. The van der Waals surface area contributed by atoms with E-state index in [1.165, 1.54) is 0 Å². The normalized spacial score (nSPS) is 11.7. The molecule has 1 aromatic carbocycles. The number of carbonyl (C=O) groups is 2. The number of hydrogen-bond donors (Lipinski definition) is 3. The summed E-state index contributed by atoms with van der Waals surface area (Å²) in [5.74, 6) is -1.51. The lowest BCUT2D eigenvalue weighted by molar-refractivity contribution is -0.136. The third kappa shape index (κ3) is 4.41. The van der Waals surface area contributed by atoms with E-state index in [-0.39, 0.29) is 19.1 Å². The number of hydrogen-bond acceptors (Lipinski definition) is 4. The van der Waals surface area contributed by atoms with E-state index < -0.39 is 11.8 Å². The molecule has 116 valence electrons. The van der Waals surface area contributed by atoms with Gasteiger partial charge in [0.25, 0.3) is 0 Å². The Morgan fingerprint density at radius 1 is 1.23 bits per heavy atom. The van der Waals surface area contributed by atoms with E-state index in [4.69, 9.17) is 5.11 Å². The molecule has 0 saturated heterocycles. The lowest BCUT2D eigenvalue weighted by Gasteiger charge is -2.10. The topological polar surface area (TPSA) is 78.4 Å². The SMILES string of the molecule is CC(CO)CNC(=O)C(=O)Nc1cccc(-c2cccs2)c1. The molecule has 0 aliphatic rings. The molecule has 5 nitrogen and oxygen atoms in total. The molecule has 1 unspecified atom stereocenters. The van der Waals surface area contributed by atoms with E-state index in [9.17, 15) is 9.59 Å². The molecule has 1 heterocycles. The zero-order valence-corrected chi connectivity index (χ0v) is 13.0. The number of rotatable bonds is 5. The number of thiophene rings is 1. The van der Waals surface area contributed by atoms with E-state index in [1.54, 1.807) is 24.3 Å². The average Bonchev–Trinajstić information content (AvgIpc) is 3.06. The highest BCUT2D eigenvalue weighted by Crippen LogP contribution is 2.26. The summed E-state index contributed by atoms with van der Waals surface area (Å²) < 4.78 is 0. The fraction of sp³-hybridized carbons (Fsp3) is 0.250. The maximum Gasteiger partial charge on any atom is 0.313 e. The summed E-state index contributed by atoms with van der Waals surface area (Å²) >= 11 is 1.61. The molecule has 2 aromatic rings. The summed E-state index contributed by atoms with van der Waals surface area (Å²) in [6, 6.07) is 11.3. The zero-order valence-electron chi connectivity index (χ0n) is 12.2. The Labute approximate surface area is 133 Å². The summed E-state index contributed by atoms with van der Waals surface area (Å²) in [4.78, 5) is 24.6. The maximum atomic E-state index is 11.8. The molecule has 0 aliphatic heterocycles. The van der Waals surface area contributed by atoms with Crippen molar-refractivity contribution in [2.24, 2.45) is 5.92 Å². The highest BCUT2D eigenvalue weighted by Gasteiger charge is 2.14. The van der Waals surface area contributed by atoms with Gasteiger partial charge >= 0.3 is 11.8 Å². The molecule has 1 aromatic heterocycles. The van der Waals surface area contributed by atoms with E-state index in [0.717, 1.165) is 10.4 Å². The van der Waals surface area contributed by atoms with Crippen LogP contribution >= 0.6 is 11.3 Å². The standard InChI is InChI=1S/C16H18N2O3S/c1-11(10-19)9-17-15(20)16(21)18-13-5-2-4-12(8-13)14-6-3-7-22-14/h2-8,11,19H,9-10H2,1H3,(H,17,20)(H,18,21).